The van der Waals surface area contributed by atoms with Gasteiger partial charge in [-0.2, -0.15) is 0 Å². The summed E-state index contributed by atoms with van der Waals surface area (Å²) < 4.78 is 5.02. The molecule has 0 radical (unpaired) electrons. The molecule has 7 heteroatoms. The van der Waals surface area contributed by atoms with Crippen LogP contribution in [0, 0.1) is 0 Å². The number of fused-ring (bicyclic) bond motifs is 1. The molecule has 1 aliphatic carbocycles. The molecule has 1 amide bonds. The van der Waals surface area contributed by atoms with E-state index in [0.29, 0.717) is 16.3 Å². The number of nitrogens with two attached hydrogens (primary N) is 1. The van der Waals surface area contributed by atoms with E-state index in [1.54, 1.807) is 0 Å². The molecule has 150 valence electrons. The smallest absolute Gasteiger partial charge is 0.341 e. The molecule has 5 nitrogen and oxygen atoms in total. The fourth-order valence-corrected chi connectivity index (χ4v) is 5.60. The molecule has 0 saturated carbocycles. The average Bonchev–Trinajstić information content (AvgIpc) is 2.97. The van der Waals surface area contributed by atoms with Gasteiger partial charge < -0.3 is 15.8 Å². The molecule has 28 heavy (non-hydrogen) atoms. The predicted molar refractivity (Wildman–Crippen MR) is 116 cm³/mol. The van der Waals surface area contributed by atoms with Crippen LogP contribution in [-0.2, 0) is 22.4 Å². The standard InChI is InChI=1S/C21H26N2O3S2/c1-13(27-15-9-7-8-14(22)12-15)19(24)23-20-18(21(25)26-2)16-10-5-3-4-6-11-17(16)28-20/h7-9,12-13H,3-6,10-11,22H2,1-2H3,(H,23,24). The molecule has 1 aliphatic rings. The van der Waals surface area contributed by atoms with Crippen LogP contribution in [0.2, 0.25) is 0 Å². The van der Waals surface area contributed by atoms with Crippen LogP contribution in [0.4, 0.5) is 10.7 Å². The minimum absolute atomic E-state index is 0.133. The SMILES string of the molecule is COC(=O)c1c(NC(=O)C(C)Sc2cccc(N)c2)sc2c1CCCCCC2. The summed E-state index contributed by atoms with van der Waals surface area (Å²) in [6.07, 6.45) is 6.37. The van der Waals surface area contributed by atoms with Gasteiger partial charge in [-0.25, -0.2) is 4.79 Å². The molecule has 0 aliphatic heterocycles. The van der Waals surface area contributed by atoms with Crippen molar-refractivity contribution < 1.29 is 14.3 Å². The number of rotatable bonds is 5. The van der Waals surface area contributed by atoms with Gasteiger partial charge in [0.2, 0.25) is 5.91 Å². The van der Waals surface area contributed by atoms with E-state index in [4.69, 9.17) is 10.5 Å². The number of nitrogens with one attached hydrogen (secondary N) is 1. The van der Waals surface area contributed by atoms with Crippen LogP contribution in [0.15, 0.2) is 29.2 Å². The number of thioether (sulfide) groups is 1. The third-order valence-corrected chi connectivity index (χ3v) is 7.14. The second kappa shape index (κ2) is 9.47. The Hall–Kier alpha value is -1.99. The van der Waals surface area contributed by atoms with E-state index in [2.05, 4.69) is 5.32 Å². The Balaban J connectivity index is 1.81. The van der Waals surface area contributed by atoms with E-state index >= 15 is 0 Å². The molecule has 2 aromatic rings. The number of carbonyl (C=O) groups excluding carboxylic acids is 2. The van der Waals surface area contributed by atoms with Crippen LogP contribution in [0.1, 0.15) is 53.4 Å². The molecule has 0 bridgehead atoms. The Morgan fingerprint density at radius 2 is 1.96 bits per heavy atom. The highest BCUT2D eigenvalue weighted by Crippen LogP contribution is 2.38. The number of carbonyl (C=O) groups is 2. The Bertz CT molecular complexity index is 863. The lowest BCUT2D eigenvalue weighted by atomic mass is 9.96. The number of amides is 1. The maximum atomic E-state index is 12.8. The first-order chi connectivity index (χ1) is 13.5. The number of esters is 1. The van der Waals surface area contributed by atoms with Crippen LogP contribution < -0.4 is 11.1 Å². The summed E-state index contributed by atoms with van der Waals surface area (Å²) >= 11 is 2.96. The predicted octanol–water partition coefficient (Wildman–Crippen LogP) is 4.90. The Morgan fingerprint density at radius 3 is 2.68 bits per heavy atom. The third-order valence-electron chi connectivity index (χ3n) is 4.84. The van der Waals surface area contributed by atoms with Gasteiger partial charge in [0.25, 0.3) is 0 Å². The maximum Gasteiger partial charge on any atom is 0.341 e. The number of nitrogen functional groups attached to an aromatic ring is 1. The zero-order valence-corrected chi connectivity index (χ0v) is 17.9. The van der Waals surface area contributed by atoms with E-state index in [-0.39, 0.29) is 17.1 Å². The number of ether oxygens (including phenoxy) is 1. The van der Waals surface area contributed by atoms with Gasteiger partial charge in [0, 0.05) is 15.5 Å². The van der Waals surface area contributed by atoms with Gasteiger partial charge in [-0.05, 0) is 56.4 Å². The fraction of sp³-hybridized carbons (Fsp3) is 0.429. The molecule has 3 rings (SSSR count). The van der Waals surface area contributed by atoms with Crippen molar-refractivity contribution in [3.05, 3.63) is 40.3 Å². The first-order valence-electron chi connectivity index (χ1n) is 9.55. The summed E-state index contributed by atoms with van der Waals surface area (Å²) in [5.41, 5.74) is 8.09. The van der Waals surface area contributed by atoms with Crippen LogP contribution in [0.5, 0.6) is 0 Å². The van der Waals surface area contributed by atoms with Gasteiger partial charge in [0.05, 0.1) is 17.9 Å². The van der Waals surface area contributed by atoms with Crippen molar-refractivity contribution in [2.45, 2.75) is 55.6 Å². The van der Waals surface area contributed by atoms with Crippen molar-refractivity contribution in [2.75, 3.05) is 18.2 Å². The monoisotopic (exact) mass is 418 g/mol. The van der Waals surface area contributed by atoms with Crippen molar-refractivity contribution >= 4 is 45.7 Å². The van der Waals surface area contributed by atoms with Crippen molar-refractivity contribution in [1.82, 2.24) is 0 Å². The highest BCUT2D eigenvalue weighted by Gasteiger charge is 2.27. The topological polar surface area (TPSA) is 81.4 Å². The first kappa shape index (κ1) is 20.7. The highest BCUT2D eigenvalue weighted by atomic mass is 32.2. The number of hydrogen-bond donors (Lipinski definition) is 2. The molecule has 1 aromatic carbocycles. The Kier molecular flexibility index (Phi) is 7.02. The summed E-state index contributed by atoms with van der Waals surface area (Å²) in [6.45, 7) is 1.85. The van der Waals surface area contributed by atoms with E-state index in [9.17, 15) is 9.59 Å². The molecule has 1 unspecified atom stereocenters. The molecule has 0 saturated heterocycles. The number of benzene rings is 1. The second-order valence-electron chi connectivity index (χ2n) is 6.94. The normalized spacial score (nSPS) is 15.1. The average molecular weight is 419 g/mol. The molecular weight excluding hydrogens is 392 g/mol. The highest BCUT2D eigenvalue weighted by molar-refractivity contribution is 8.00. The van der Waals surface area contributed by atoms with E-state index < -0.39 is 0 Å². The Morgan fingerprint density at radius 1 is 1.21 bits per heavy atom. The zero-order chi connectivity index (χ0) is 20.1. The third kappa shape index (κ3) is 4.89. The minimum Gasteiger partial charge on any atom is -0.465 e. The largest absolute Gasteiger partial charge is 0.465 e. The molecule has 0 fully saturated rings. The maximum absolute atomic E-state index is 12.8. The van der Waals surface area contributed by atoms with Crippen molar-refractivity contribution in [2.24, 2.45) is 0 Å². The molecule has 1 atom stereocenters. The summed E-state index contributed by atoms with van der Waals surface area (Å²) in [5.74, 6) is -0.503. The van der Waals surface area contributed by atoms with Crippen molar-refractivity contribution in [3.63, 3.8) is 0 Å². The number of methoxy groups -OCH3 is 1. The van der Waals surface area contributed by atoms with Gasteiger partial charge in [0.15, 0.2) is 0 Å². The van der Waals surface area contributed by atoms with E-state index in [1.165, 1.54) is 47.9 Å². The van der Waals surface area contributed by atoms with Crippen molar-refractivity contribution in [1.29, 1.82) is 0 Å². The lowest BCUT2D eigenvalue weighted by Crippen LogP contribution is -2.23. The number of aryl methyl sites for hydroxylation is 1. The summed E-state index contributed by atoms with van der Waals surface area (Å²) in [7, 11) is 1.39. The Labute approximate surface area is 174 Å². The summed E-state index contributed by atoms with van der Waals surface area (Å²) in [5, 5.41) is 3.28. The summed E-state index contributed by atoms with van der Waals surface area (Å²) in [6, 6.07) is 7.47. The van der Waals surface area contributed by atoms with Crippen LogP contribution >= 0.6 is 23.1 Å². The number of anilines is 2. The van der Waals surface area contributed by atoms with E-state index in [0.717, 1.165) is 36.1 Å². The second-order valence-corrected chi connectivity index (χ2v) is 9.45. The molecular formula is C21H26N2O3S2. The molecule has 1 aromatic heterocycles. The lowest BCUT2D eigenvalue weighted by molar-refractivity contribution is -0.115. The lowest BCUT2D eigenvalue weighted by Gasteiger charge is -2.13. The molecule has 3 N–H and O–H groups in total. The fourth-order valence-electron chi connectivity index (χ4n) is 3.38. The van der Waals surface area contributed by atoms with Gasteiger partial charge in [-0.15, -0.1) is 23.1 Å². The van der Waals surface area contributed by atoms with Crippen molar-refractivity contribution in [3.8, 4) is 0 Å². The van der Waals surface area contributed by atoms with Gasteiger partial charge in [-0.1, -0.05) is 18.9 Å². The van der Waals surface area contributed by atoms with Gasteiger partial charge >= 0.3 is 5.97 Å². The molecule has 0 spiro atoms. The van der Waals surface area contributed by atoms with Crippen LogP contribution in [0.3, 0.4) is 0 Å². The molecule has 1 heterocycles. The zero-order valence-electron chi connectivity index (χ0n) is 16.2. The van der Waals surface area contributed by atoms with E-state index in [1.807, 2.05) is 31.2 Å². The van der Waals surface area contributed by atoms with Crippen LogP contribution in [0.25, 0.3) is 0 Å². The number of thiophene rings is 1. The number of hydrogen-bond acceptors (Lipinski definition) is 6. The first-order valence-corrected chi connectivity index (χ1v) is 11.2. The van der Waals surface area contributed by atoms with Crippen LogP contribution in [-0.4, -0.2) is 24.2 Å². The quantitative estimate of drug-likeness (QED) is 0.410. The minimum atomic E-state index is -0.371. The summed E-state index contributed by atoms with van der Waals surface area (Å²) in [4.78, 5) is 27.4. The van der Waals surface area contributed by atoms with Gasteiger partial charge in [0.1, 0.15) is 5.00 Å². The van der Waals surface area contributed by atoms with Gasteiger partial charge in [-0.3, -0.25) is 4.79 Å².